The van der Waals surface area contributed by atoms with Gasteiger partial charge in [-0.05, 0) is 31.6 Å². The van der Waals surface area contributed by atoms with Crippen molar-refractivity contribution >= 4 is 5.96 Å². The first-order chi connectivity index (χ1) is 9.88. The summed E-state index contributed by atoms with van der Waals surface area (Å²) in [7, 11) is 1.85. The molecule has 0 radical (unpaired) electrons. The molecule has 2 fully saturated rings. The molecule has 116 valence electrons. The predicted molar refractivity (Wildman–Crippen MR) is 84.1 cm³/mol. The summed E-state index contributed by atoms with van der Waals surface area (Å²) in [6.45, 7) is 2.86. The number of hydrogen-bond acceptors (Lipinski definition) is 2. The zero-order valence-corrected chi connectivity index (χ0v) is 13.0. The van der Waals surface area contributed by atoms with Crippen molar-refractivity contribution in [2.75, 3.05) is 26.7 Å². The fourth-order valence-electron chi connectivity index (χ4n) is 3.22. The lowest BCUT2D eigenvalue weighted by Gasteiger charge is -2.22. The molecular weight excluding hydrogens is 250 g/mol. The number of nitrogens with one attached hydrogen (secondary N) is 2. The van der Waals surface area contributed by atoms with E-state index in [-0.39, 0.29) is 0 Å². The summed E-state index contributed by atoms with van der Waals surface area (Å²) < 4.78 is 5.63. The summed E-state index contributed by atoms with van der Waals surface area (Å²) in [5.41, 5.74) is 0. The molecule has 2 aliphatic rings. The molecule has 4 heteroatoms. The van der Waals surface area contributed by atoms with E-state index < -0.39 is 0 Å². The molecule has 0 aromatic carbocycles. The lowest BCUT2D eigenvalue weighted by Crippen LogP contribution is -2.42. The second-order valence-corrected chi connectivity index (χ2v) is 6.18. The van der Waals surface area contributed by atoms with E-state index in [1.807, 2.05) is 7.05 Å². The summed E-state index contributed by atoms with van der Waals surface area (Å²) in [5.74, 6) is 1.75. The van der Waals surface area contributed by atoms with Gasteiger partial charge in [-0.25, -0.2) is 0 Å². The van der Waals surface area contributed by atoms with Crippen molar-refractivity contribution in [1.29, 1.82) is 0 Å². The molecule has 1 heterocycles. The van der Waals surface area contributed by atoms with Gasteiger partial charge in [-0.2, -0.15) is 0 Å². The molecule has 0 aromatic rings. The second kappa shape index (κ2) is 9.22. The van der Waals surface area contributed by atoms with Gasteiger partial charge in [0, 0.05) is 26.7 Å². The minimum absolute atomic E-state index is 0.370. The van der Waals surface area contributed by atoms with Crippen molar-refractivity contribution in [2.24, 2.45) is 10.9 Å². The predicted octanol–water partition coefficient (Wildman–Crippen LogP) is 2.69. The highest BCUT2D eigenvalue weighted by Gasteiger charge is 2.16. The third kappa shape index (κ3) is 5.70. The minimum Gasteiger partial charge on any atom is -0.376 e. The Morgan fingerprint density at radius 1 is 0.950 bits per heavy atom. The molecule has 2 N–H and O–H groups in total. The molecule has 4 nitrogen and oxygen atoms in total. The van der Waals surface area contributed by atoms with Crippen molar-refractivity contribution in [3.05, 3.63) is 0 Å². The Balaban J connectivity index is 1.64. The Bertz CT molecular complexity index is 279. The summed E-state index contributed by atoms with van der Waals surface area (Å²) in [4.78, 5) is 4.31. The summed E-state index contributed by atoms with van der Waals surface area (Å²) in [6.07, 6.45) is 12.5. The number of rotatable bonds is 4. The van der Waals surface area contributed by atoms with Gasteiger partial charge in [-0.15, -0.1) is 0 Å². The first kappa shape index (κ1) is 15.6. The maximum absolute atomic E-state index is 5.63. The fraction of sp³-hybridized carbons (Fsp3) is 0.938. The average molecular weight is 281 g/mol. The van der Waals surface area contributed by atoms with Crippen molar-refractivity contribution in [3.8, 4) is 0 Å². The van der Waals surface area contributed by atoms with Crippen LogP contribution >= 0.6 is 0 Å². The lowest BCUT2D eigenvalue weighted by molar-refractivity contribution is 0.113. The average Bonchev–Trinajstić information content (AvgIpc) is 2.94. The summed E-state index contributed by atoms with van der Waals surface area (Å²) >= 11 is 0. The molecule has 0 aromatic heterocycles. The van der Waals surface area contributed by atoms with Crippen LogP contribution in [0.5, 0.6) is 0 Å². The van der Waals surface area contributed by atoms with Crippen LogP contribution in [0.3, 0.4) is 0 Å². The smallest absolute Gasteiger partial charge is 0.191 e. The molecule has 0 spiro atoms. The molecule has 1 saturated carbocycles. The van der Waals surface area contributed by atoms with E-state index in [1.54, 1.807) is 0 Å². The van der Waals surface area contributed by atoms with Gasteiger partial charge >= 0.3 is 0 Å². The number of aliphatic imine (C=N–C) groups is 1. The molecular formula is C16H31N3O. The van der Waals surface area contributed by atoms with Crippen LogP contribution in [0.25, 0.3) is 0 Å². The third-order valence-corrected chi connectivity index (χ3v) is 4.53. The standard InChI is InChI=1S/C16H31N3O/c1-17-16(19-13-15-10-7-11-20-15)18-12-14-8-5-3-2-4-6-9-14/h14-15H,2-13H2,1H3,(H2,17,18,19). The minimum atomic E-state index is 0.370. The van der Waals surface area contributed by atoms with Gasteiger partial charge in [0.2, 0.25) is 0 Å². The number of guanidine groups is 1. The van der Waals surface area contributed by atoms with Crippen LogP contribution in [0.15, 0.2) is 4.99 Å². The highest BCUT2D eigenvalue weighted by molar-refractivity contribution is 5.79. The van der Waals surface area contributed by atoms with Crippen molar-refractivity contribution in [2.45, 2.75) is 63.9 Å². The van der Waals surface area contributed by atoms with Crippen LogP contribution in [-0.4, -0.2) is 38.8 Å². The van der Waals surface area contributed by atoms with Crippen molar-refractivity contribution in [1.82, 2.24) is 10.6 Å². The Kier molecular flexibility index (Phi) is 7.20. The number of hydrogen-bond donors (Lipinski definition) is 2. The monoisotopic (exact) mass is 281 g/mol. The summed E-state index contributed by atoms with van der Waals surface area (Å²) in [5, 5.41) is 6.89. The van der Waals surface area contributed by atoms with Crippen LogP contribution in [0, 0.1) is 5.92 Å². The van der Waals surface area contributed by atoms with Gasteiger partial charge in [0.25, 0.3) is 0 Å². The molecule has 0 amide bonds. The van der Waals surface area contributed by atoms with E-state index in [0.29, 0.717) is 6.10 Å². The van der Waals surface area contributed by atoms with Crippen molar-refractivity contribution < 1.29 is 4.74 Å². The number of ether oxygens (including phenoxy) is 1. The first-order valence-electron chi connectivity index (χ1n) is 8.44. The van der Waals surface area contributed by atoms with Gasteiger partial charge in [-0.3, -0.25) is 4.99 Å². The van der Waals surface area contributed by atoms with Crippen LogP contribution in [-0.2, 0) is 4.74 Å². The SMILES string of the molecule is CN=C(NCC1CCCCCCC1)NCC1CCCO1. The van der Waals surface area contributed by atoms with Gasteiger partial charge in [0.1, 0.15) is 0 Å². The van der Waals surface area contributed by atoms with E-state index in [2.05, 4.69) is 15.6 Å². The van der Waals surface area contributed by atoms with E-state index >= 15 is 0 Å². The van der Waals surface area contributed by atoms with E-state index in [4.69, 9.17) is 4.74 Å². The first-order valence-corrected chi connectivity index (χ1v) is 8.44. The normalized spacial score (nSPS) is 26.1. The Morgan fingerprint density at radius 2 is 1.65 bits per heavy atom. The lowest BCUT2D eigenvalue weighted by atomic mass is 9.91. The highest BCUT2D eigenvalue weighted by Crippen LogP contribution is 2.21. The van der Waals surface area contributed by atoms with Gasteiger partial charge < -0.3 is 15.4 Å². The van der Waals surface area contributed by atoms with Crippen molar-refractivity contribution in [3.63, 3.8) is 0 Å². The third-order valence-electron chi connectivity index (χ3n) is 4.53. The van der Waals surface area contributed by atoms with Crippen LogP contribution in [0.4, 0.5) is 0 Å². The maximum Gasteiger partial charge on any atom is 0.191 e. The van der Waals surface area contributed by atoms with E-state index in [9.17, 15) is 0 Å². The molecule has 1 unspecified atom stereocenters. The Labute approximate surface area is 123 Å². The highest BCUT2D eigenvalue weighted by atomic mass is 16.5. The van der Waals surface area contributed by atoms with E-state index in [1.165, 1.54) is 57.8 Å². The van der Waals surface area contributed by atoms with Crippen LogP contribution < -0.4 is 10.6 Å². The molecule has 1 atom stereocenters. The topological polar surface area (TPSA) is 45.7 Å². The molecule has 2 rings (SSSR count). The summed E-state index contributed by atoms with van der Waals surface area (Å²) in [6, 6.07) is 0. The van der Waals surface area contributed by atoms with Gasteiger partial charge in [-0.1, -0.05) is 32.1 Å². The maximum atomic E-state index is 5.63. The second-order valence-electron chi connectivity index (χ2n) is 6.18. The largest absolute Gasteiger partial charge is 0.376 e. The van der Waals surface area contributed by atoms with Crippen LogP contribution in [0.1, 0.15) is 57.8 Å². The number of nitrogens with zero attached hydrogens (tertiary/aromatic N) is 1. The molecule has 1 saturated heterocycles. The Morgan fingerprint density at radius 3 is 2.30 bits per heavy atom. The van der Waals surface area contributed by atoms with Crippen LogP contribution in [0.2, 0.25) is 0 Å². The zero-order chi connectivity index (χ0) is 14.0. The van der Waals surface area contributed by atoms with Gasteiger partial charge in [0.15, 0.2) is 5.96 Å². The Hall–Kier alpha value is -0.770. The zero-order valence-electron chi connectivity index (χ0n) is 13.0. The van der Waals surface area contributed by atoms with Gasteiger partial charge in [0.05, 0.1) is 6.10 Å². The fourth-order valence-corrected chi connectivity index (χ4v) is 3.22. The molecule has 1 aliphatic heterocycles. The quantitative estimate of drug-likeness (QED) is 0.615. The molecule has 1 aliphatic carbocycles. The molecule has 20 heavy (non-hydrogen) atoms. The molecule has 0 bridgehead atoms. The van der Waals surface area contributed by atoms with E-state index in [0.717, 1.165) is 31.6 Å².